The van der Waals surface area contributed by atoms with E-state index in [1.54, 1.807) is 10.4 Å². The van der Waals surface area contributed by atoms with Crippen LogP contribution in [0.15, 0.2) is 60.7 Å². The van der Waals surface area contributed by atoms with E-state index in [1.165, 1.54) is 44.6 Å². The van der Waals surface area contributed by atoms with Crippen LogP contribution in [0.1, 0.15) is 59.3 Å². The van der Waals surface area contributed by atoms with E-state index in [4.69, 9.17) is 4.74 Å². The van der Waals surface area contributed by atoms with Crippen LogP contribution >= 0.6 is 0 Å². The molecule has 2 aliphatic rings. The number of hydrogen-bond acceptors (Lipinski definition) is 1. The Balaban J connectivity index is 1.62. The molecule has 1 saturated carbocycles. The lowest BCUT2D eigenvalue weighted by Crippen LogP contribution is -2.66. The van der Waals surface area contributed by atoms with Gasteiger partial charge in [-0.05, 0) is 36.3 Å². The zero-order chi connectivity index (χ0) is 19.6. The van der Waals surface area contributed by atoms with Crippen LogP contribution in [-0.4, -0.2) is 20.3 Å². The molecule has 0 spiro atoms. The zero-order valence-electron chi connectivity index (χ0n) is 17.9. The van der Waals surface area contributed by atoms with Crippen molar-refractivity contribution in [3.05, 3.63) is 60.7 Å². The summed E-state index contributed by atoms with van der Waals surface area (Å²) in [6.07, 6.45) is 9.24. The van der Waals surface area contributed by atoms with Gasteiger partial charge in [-0.25, -0.2) is 0 Å². The van der Waals surface area contributed by atoms with Gasteiger partial charge in [0, 0.05) is 0 Å². The van der Waals surface area contributed by atoms with Crippen molar-refractivity contribution in [2.45, 2.75) is 82.6 Å². The molecule has 2 atom stereocenters. The molecule has 2 fully saturated rings. The summed E-state index contributed by atoms with van der Waals surface area (Å²) in [5.41, 5.74) is 0. The van der Waals surface area contributed by atoms with E-state index in [9.17, 15) is 0 Å². The summed E-state index contributed by atoms with van der Waals surface area (Å²) in [6.45, 7) is 7.36. The van der Waals surface area contributed by atoms with Crippen molar-refractivity contribution >= 4 is 18.4 Å². The Morgan fingerprint density at radius 2 is 1.32 bits per heavy atom. The summed E-state index contributed by atoms with van der Waals surface area (Å²) in [6, 6.07) is 23.9. The van der Waals surface area contributed by atoms with Crippen molar-refractivity contribution in [1.82, 2.24) is 0 Å². The second-order valence-electron chi connectivity index (χ2n) is 10.0. The molecule has 0 bridgehead atoms. The van der Waals surface area contributed by atoms with Crippen LogP contribution in [0.4, 0.5) is 0 Å². The highest BCUT2D eigenvalue weighted by molar-refractivity contribution is 7.04. The van der Waals surface area contributed by atoms with Gasteiger partial charge in [0.05, 0.1) is 12.2 Å². The van der Waals surface area contributed by atoms with E-state index >= 15 is 0 Å². The maximum Gasteiger partial charge on any atom is 0.125 e. The highest BCUT2D eigenvalue weighted by Gasteiger charge is 2.51. The predicted molar refractivity (Wildman–Crippen MR) is 122 cm³/mol. The number of hydrogen-bond donors (Lipinski definition) is 0. The molecule has 0 aromatic heterocycles. The van der Waals surface area contributed by atoms with E-state index in [0.29, 0.717) is 12.2 Å². The summed E-state index contributed by atoms with van der Waals surface area (Å²) in [5, 5.41) is 3.34. The third kappa shape index (κ3) is 3.74. The van der Waals surface area contributed by atoms with Gasteiger partial charge in [-0.2, -0.15) is 0 Å². The van der Waals surface area contributed by atoms with Crippen LogP contribution in [0.5, 0.6) is 0 Å². The van der Waals surface area contributed by atoms with Crippen LogP contribution < -0.4 is 10.4 Å². The number of ether oxygens (including phenoxy) is 1. The second-order valence-corrected chi connectivity index (χ2v) is 14.9. The maximum atomic E-state index is 6.61. The molecule has 1 saturated heterocycles. The van der Waals surface area contributed by atoms with Crippen molar-refractivity contribution in [3.8, 4) is 0 Å². The van der Waals surface area contributed by atoms with Crippen LogP contribution in [0.2, 0.25) is 11.1 Å². The first-order chi connectivity index (χ1) is 13.5. The van der Waals surface area contributed by atoms with E-state index < -0.39 is 8.07 Å². The van der Waals surface area contributed by atoms with Gasteiger partial charge in [0.2, 0.25) is 0 Å². The summed E-state index contributed by atoms with van der Waals surface area (Å²) in [7, 11) is -1.99. The van der Waals surface area contributed by atoms with Crippen molar-refractivity contribution in [3.63, 3.8) is 0 Å². The standard InChI is InChI=1S/C26H36OSi/c1-26(2,3)28(23-15-9-5-10-16-23,24-17-11-6-12-18-24)20-22-19-25(27-22)21-13-7-4-8-14-21/h5-6,9-12,15-18,21-22,25H,4,7-8,13-14,19-20H2,1-3H3/t22-,25+/m1/s1. The van der Waals surface area contributed by atoms with Gasteiger partial charge in [0.25, 0.3) is 0 Å². The van der Waals surface area contributed by atoms with Crippen LogP contribution in [0.25, 0.3) is 0 Å². The van der Waals surface area contributed by atoms with E-state index in [0.717, 1.165) is 5.92 Å². The molecule has 1 nitrogen and oxygen atoms in total. The zero-order valence-corrected chi connectivity index (χ0v) is 18.9. The molecule has 1 aliphatic carbocycles. The fraction of sp³-hybridized carbons (Fsp3) is 0.538. The van der Waals surface area contributed by atoms with Gasteiger partial charge in [0.1, 0.15) is 8.07 Å². The van der Waals surface area contributed by atoms with Crippen molar-refractivity contribution in [2.75, 3.05) is 0 Å². The third-order valence-electron chi connectivity index (χ3n) is 7.39. The first-order valence-electron chi connectivity index (χ1n) is 11.3. The Labute approximate surface area is 172 Å². The first-order valence-corrected chi connectivity index (χ1v) is 13.5. The Morgan fingerprint density at radius 3 is 1.79 bits per heavy atom. The summed E-state index contributed by atoms with van der Waals surface area (Å²) < 4.78 is 6.61. The molecule has 0 amide bonds. The molecule has 1 heterocycles. The lowest BCUT2D eigenvalue weighted by atomic mass is 9.81. The molecule has 2 aromatic rings. The van der Waals surface area contributed by atoms with Gasteiger partial charge in [0.15, 0.2) is 0 Å². The number of benzene rings is 2. The highest BCUT2D eigenvalue weighted by Crippen LogP contribution is 2.44. The molecule has 0 radical (unpaired) electrons. The quantitative estimate of drug-likeness (QED) is 0.585. The van der Waals surface area contributed by atoms with E-state index in [-0.39, 0.29) is 5.04 Å². The first kappa shape index (κ1) is 19.9. The van der Waals surface area contributed by atoms with Crippen LogP contribution in [0, 0.1) is 5.92 Å². The normalized spacial score (nSPS) is 24.0. The SMILES string of the molecule is CC(C)(C)[Si](C[C@H]1C[C@@H](C2CCCCC2)O1)(c1ccccc1)c1ccccc1. The lowest BCUT2D eigenvalue weighted by molar-refractivity contribution is -0.146. The molecule has 0 N–H and O–H groups in total. The van der Waals surface area contributed by atoms with Crippen LogP contribution in [0.3, 0.4) is 0 Å². The molecule has 2 heteroatoms. The molecule has 28 heavy (non-hydrogen) atoms. The monoisotopic (exact) mass is 392 g/mol. The van der Waals surface area contributed by atoms with Crippen LogP contribution in [-0.2, 0) is 4.74 Å². The van der Waals surface area contributed by atoms with Gasteiger partial charge >= 0.3 is 0 Å². The second kappa shape index (κ2) is 8.16. The summed E-state index contributed by atoms with van der Waals surface area (Å²) in [4.78, 5) is 0. The van der Waals surface area contributed by atoms with Crippen molar-refractivity contribution < 1.29 is 4.74 Å². The maximum absolute atomic E-state index is 6.61. The Morgan fingerprint density at radius 1 is 0.821 bits per heavy atom. The largest absolute Gasteiger partial charge is 0.375 e. The molecular weight excluding hydrogens is 356 g/mol. The molecule has 2 aromatic carbocycles. The fourth-order valence-corrected chi connectivity index (χ4v) is 11.4. The smallest absolute Gasteiger partial charge is 0.125 e. The minimum absolute atomic E-state index is 0.231. The predicted octanol–water partition coefficient (Wildman–Crippen LogP) is 5.79. The summed E-state index contributed by atoms with van der Waals surface area (Å²) >= 11 is 0. The Kier molecular flexibility index (Phi) is 5.80. The molecule has 150 valence electrons. The Hall–Kier alpha value is -1.38. The van der Waals surface area contributed by atoms with E-state index in [2.05, 4.69) is 81.4 Å². The molecule has 4 rings (SSSR count). The molecule has 0 unspecified atom stereocenters. The summed E-state index contributed by atoms with van der Waals surface area (Å²) in [5.74, 6) is 0.823. The highest BCUT2D eigenvalue weighted by atomic mass is 28.3. The average molecular weight is 393 g/mol. The minimum Gasteiger partial charge on any atom is -0.375 e. The van der Waals surface area contributed by atoms with Crippen molar-refractivity contribution in [2.24, 2.45) is 5.92 Å². The van der Waals surface area contributed by atoms with E-state index in [1.807, 2.05) is 0 Å². The third-order valence-corrected chi connectivity index (χ3v) is 13.7. The molecule has 1 aliphatic heterocycles. The van der Waals surface area contributed by atoms with Gasteiger partial charge in [-0.3, -0.25) is 0 Å². The van der Waals surface area contributed by atoms with Gasteiger partial charge in [-0.15, -0.1) is 0 Å². The number of rotatable bonds is 5. The topological polar surface area (TPSA) is 9.23 Å². The Bertz CT molecular complexity index is 698. The molecular formula is C26H36OSi. The van der Waals surface area contributed by atoms with Gasteiger partial charge in [-0.1, -0.05) is 111 Å². The fourth-order valence-electron chi connectivity index (χ4n) is 5.80. The minimum atomic E-state index is -1.99. The van der Waals surface area contributed by atoms with Gasteiger partial charge < -0.3 is 4.74 Å². The lowest BCUT2D eigenvalue weighted by Gasteiger charge is -2.50. The van der Waals surface area contributed by atoms with Crippen molar-refractivity contribution in [1.29, 1.82) is 0 Å². The average Bonchev–Trinajstić information content (AvgIpc) is 2.68.